The molecule has 1 heterocycles. The lowest BCUT2D eigenvalue weighted by molar-refractivity contribution is -0.138. The van der Waals surface area contributed by atoms with Crippen molar-refractivity contribution >= 4 is 11.8 Å². The molecule has 3 unspecified atom stereocenters. The van der Waals surface area contributed by atoms with Crippen molar-refractivity contribution < 1.29 is 29.3 Å². The topological polar surface area (TPSA) is 108 Å². The molecule has 2 saturated carbocycles. The first kappa shape index (κ1) is 27.8. The fourth-order valence-corrected chi connectivity index (χ4v) is 7.68. The summed E-state index contributed by atoms with van der Waals surface area (Å²) in [5.74, 6) is 2.33. The zero-order valence-electron chi connectivity index (χ0n) is 23.6. The van der Waals surface area contributed by atoms with Gasteiger partial charge >= 0.3 is 0 Å². The normalized spacial score (nSPS) is 29.2. The molecule has 2 bridgehead atoms. The van der Waals surface area contributed by atoms with Gasteiger partial charge in [-0.25, -0.2) is 0 Å². The predicted octanol–water partition coefficient (Wildman–Crippen LogP) is 3.22. The van der Waals surface area contributed by atoms with Gasteiger partial charge in [0.15, 0.2) is 0 Å². The number of amides is 2. The summed E-state index contributed by atoms with van der Waals surface area (Å²) in [4.78, 5) is 29.3. The predicted molar refractivity (Wildman–Crippen MR) is 154 cm³/mol. The maximum absolute atomic E-state index is 14.1. The van der Waals surface area contributed by atoms with Crippen LogP contribution in [0.25, 0.3) is 0 Å². The standard InChI is InChI=1S/C33H40N2O6/c1-40-24-6-4-5-20(17-24)11-13-35(29(37)18-23-16-21-9-10-22(23)15-21)27-19-26(33(39)34-12-14-36)30-25-7-2-3-8-28(25)41-32(30)31(27)38/h2-8,17,19,21-23,27,30-32,36,38H,9-16,18H2,1H3,(H,34,39)/t21?,22?,23?,27-,30+,31+,32+/m1/s1. The molecule has 6 rings (SSSR count). The highest BCUT2D eigenvalue weighted by Crippen LogP contribution is 2.50. The SMILES string of the molecule is COc1cccc(CCN(C(=O)CC2CC3CCC2C3)[C@@H]2C=C(C(=O)NCCO)[C@@H]3c4ccccc4O[C@@H]3[C@H]2O)c1. The van der Waals surface area contributed by atoms with Crippen LogP contribution in [-0.2, 0) is 16.0 Å². The molecule has 218 valence electrons. The average molecular weight is 561 g/mol. The largest absolute Gasteiger partial charge is 0.497 e. The Kier molecular flexibility index (Phi) is 8.04. The molecule has 2 fully saturated rings. The molecule has 1 aliphatic heterocycles. The van der Waals surface area contributed by atoms with Gasteiger partial charge in [0, 0.05) is 30.6 Å². The van der Waals surface area contributed by atoms with Crippen LogP contribution in [0.2, 0.25) is 0 Å². The number of aliphatic hydroxyl groups excluding tert-OH is 2. The Hall–Kier alpha value is -3.36. The lowest BCUT2D eigenvalue weighted by Crippen LogP contribution is -2.56. The Morgan fingerprint density at radius 1 is 1.12 bits per heavy atom. The van der Waals surface area contributed by atoms with Crippen molar-refractivity contribution in [1.29, 1.82) is 0 Å². The van der Waals surface area contributed by atoms with Gasteiger partial charge in [0.25, 0.3) is 0 Å². The number of carbonyl (C=O) groups excluding carboxylic acids is 2. The van der Waals surface area contributed by atoms with Crippen molar-refractivity contribution in [2.75, 3.05) is 26.8 Å². The number of benzene rings is 2. The van der Waals surface area contributed by atoms with E-state index in [1.54, 1.807) is 18.1 Å². The van der Waals surface area contributed by atoms with Crippen LogP contribution in [0.5, 0.6) is 11.5 Å². The van der Waals surface area contributed by atoms with E-state index < -0.39 is 24.2 Å². The quantitative estimate of drug-likeness (QED) is 0.412. The van der Waals surface area contributed by atoms with Crippen molar-refractivity contribution in [3.8, 4) is 11.5 Å². The first-order chi connectivity index (χ1) is 20.0. The van der Waals surface area contributed by atoms with E-state index in [0.717, 1.165) is 29.2 Å². The molecule has 4 aliphatic rings. The molecule has 8 nitrogen and oxygen atoms in total. The lowest BCUT2D eigenvalue weighted by Gasteiger charge is -2.41. The van der Waals surface area contributed by atoms with E-state index in [4.69, 9.17) is 9.47 Å². The van der Waals surface area contributed by atoms with Crippen molar-refractivity contribution in [1.82, 2.24) is 10.2 Å². The summed E-state index contributed by atoms with van der Waals surface area (Å²) in [6.07, 6.45) is 5.88. The van der Waals surface area contributed by atoms with Crippen LogP contribution in [0.3, 0.4) is 0 Å². The van der Waals surface area contributed by atoms with Crippen molar-refractivity contribution in [2.24, 2.45) is 17.8 Å². The number of hydrogen-bond acceptors (Lipinski definition) is 6. The summed E-state index contributed by atoms with van der Waals surface area (Å²) >= 11 is 0. The van der Waals surface area contributed by atoms with E-state index in [9.17, 15) is 19.8 Å². The van der Waals surface area contributed by atoms with Gasteiger partial charge < -0.3 is 29.9 Å². The minimum atomic E-state index is -1.02. The second-order valence-electron chi connectivity index (χ2n) is 12.0. The Balaban J connectivity index is 1.32. The third kappa shape index (κ3) is 5.47. The van der Waals surface area contributed by atoms with Crippen LogP contribution in [0, 0.1) is 17.8 Å². The van der Waals surface area contributed by atoms with Crippen molar-refractivity contribution in [2.45, 2.75) is 62.7 Å². The monoisotopic (exact) mass is 560 g/mol. The van der Waals surface area contributed by atoms with Gasteiger partial charge in [-0.05, 0) is 73.3 Å². The van der Waals surface area contributed by atoms with Crippen molar-refractivity contribution in [3.05, 3.63) is 71.3 Å². The zero-order valence-corrected chi connectivity index (χ0v) is 23.6. The molecular weight excluding hydrogens is 520 g/mol. The Bertz CT molecular complexity index is 1310. The summed E-state index contributed by atoms with van der Waals surface area (Å²) in [6.45, 7) is 0.327. The second kappa shape index (κ2) is 11.9. The number of nitrogens with zero attached hydrogens (tertiary/aromatic N) is 1. The molecule has 2 aromatic rings. The first-order valence-electron chi connectivity index (χ1n) is 14.9. The highest BCUT2D eigenvalue weighted by molar-refractivity contribution is 5.96. The number of para-hydroxylation sites is 1. The van der Waals surface area contributed by atoms with E-state index in [1.807, 2.05) is 48.5 Å². The van der Waals surface area contributed by atoms with Gasteiger partial charge in [0.2, 0.25) is 11.8 Å². The summed E-state index contributed by atoms with van der Waals surface area (Å²) in [5.41, 5.74) is 2.33. The van der Waals surface area contributed by atoms with Crippen LogP contribution in [0.1, 0.15) is 49.1 Å². The van der Waals surface area contributed by atoms with Crippen LogP contribution in [0.15, 0.2) is 60.2 Å². The number of aliphatic hydroxyl groups is 2. The third-order valence-corrected chi connectivity index (χ3v) is 9.65. The minimum Gasteiger partial charge on any atom is -0.497 e. The van der Waals surface area contributed by atoms with Gasteiger partial charge in [-0.1, -0.05) is 36.8 Å². The van der Waals surface area contributed by atoms with Gasteiger partial charge in [-0.3, -0.25) is 9.59 Å². The smallest absolute Gasteiger partial charge is 0.247 e. The number of hydrogen-bond donors (Lipinski definition) is 3. The second-order valence-corrected chi connectivity index (χ2v) is 12.0. The third-order valence-electron chi connectivity index (χ3n) is 9.65. The molecule has 3 N–H and O–H groups in total. The average Bonchev–Trinajstić information content (AvgIpc) is 3.72. The van der Waals surface area contributed by atoms with E-state index in [-0.39, 0.29) is 25.0 Å². The molecule has 0 radical (unpaired) electrons. The number of ether oxygens (including phenoxy) is 2. The Morgan fingerprint density at radius 2 is 1.98 bits per heavy atom. The Morgan fingerprint density at radius 3 is 2.73 bits per heavy atom. The number of fused-ring (bicyclic) bond motifs is 5. The first-order valence-corrected chi connectivity index (χ1v) is 14.9. The summed E-state index contributed by atoms with van der Waals surface area (Å²) in [5, 5.41) is 23.9. The molecule has 2 aromatic carbocycles. The molecule has 3 aliphatic carbocycles. The van der Waals surface area contributed by atoms with Crippen LogP contribution in [0.4, 0.5) is 0 Å². The highest BCUT2D eigenvalue weighted by atomic mass is 16.5. The molecule has 0 aromatic heterocycles. The molecule has 0 spiro atoms. The maximum Gasteiger partial charge on any atom is 0.247 e. The summed E-state index contributed by atoms with van der Waals surface area (Å²) in [6, 6.07) is 14.6. The van der Waals surface area contributed by atoms with Gasteiger partial charge in [0.05, 0.1) is 25.7 Å². The number of rotatable bonds is 10. The van der Waals surface area contributed by atoms with Gasteiger partial charge in [-0.15, -0.1) is 0 Å². The molecular formula is C33H40N2O6. The van der Waals surface area contributed by atoms with E-state index >= 15 is 0 Å². The fraction of sp³-hybridized carbons (Fsp3) is 0.515. The molecule has 0 saturated heterocycles. The molecule has 41 heavy (non-hydrogen) atoms. The van der Waals surface area contributed by atoms with Crippen LogP contribution < -0.4 is 14.8 Å². The fourth-order valence-electron chi connectivity index (χ4n) is 7.68. The molecule has 2 amide bonds. The van der Waals surface area contributed by atoms with Gasteiger partial charge in [0.1, 0.15) is 23.7 Å². The molecule has 7 atom stereocenters. The zero-order chi connectivity index (χ0) is 28.5. The van der Waals surface area contributed by atoms with Crippen LogP contribution >= 0.6 is 0 Å². The van der Waals surface area contributed by atoms with Crippen LogP contribution in [-0.4, -0.2) is 72.0 Å². The highest BCUT2D eigenvalue weighted by Gasteiger charge is 2.51. The maximum atomic E-state index is 14.1. The van der Waals surface area contributed by atoms with Gasteiger partial charge in [-0.2, -0.15) is 0 Å². The van der Waals surface area contributed by atoms with E-state index in [1.165, 1.54) is 19.3 Å². The van der Waals surface area contributed by atoms with E-state index in [2.05, 4.69) is 5.32 Å². The van der Waals surface area contributed by atoms with E-state index in [0.29, 0.717) is 42.5 Å². The lowest BCUT2D eigenvalue weighted by atomic mass is 9.77. The summed E-state index contributed by atoms with van der Waals surface area (Å²) < 4.78 is 11.7. The number of methoxy groups -OCH3 is 1. The number of nitrogens with one attached hydrogen (secondary N) is 1. The number of carbonyl (C=O) groups is 2. The summed E-state index contributed by atoms with van der Waals surface area (Å²) in [7, 11) is 1.63. The van der Waals surface area contributed by atoms with Crippen molar-refractivity contribution in [3.63, 3.8) is 0 Å². The Labute approximate surface area is 241 Å². The molecule has 8 heteroatoms. The minimum absolute atomic E-state index is 0.00910.